The van der Waals surface area contributed by atoms with Crippen molar-refractivity contribution >= 4 is 27.5 Å². The molecular weight excluding hydrogens is 430 g/mol. The Labute approximate surface area is 187 Å². The standard InChI is InChI=1S/C23H27N3O5S/c1-26(23(29)19-14-20(27)25-31-19)21(15-6-10-17(30-2)11-7-15)22(28)24-16-8-12-18(13-9-16)32(3,4)5/h6-14,21H,1-5H3,(H,24,28)(H,25,27). The van der Waals surface area contributed by atoms with Crippen LogP contribution in [0.5, 0.6) is 5.75 Å². The zero-order valence-electron chi connectivity index (χ0n) is 18.7. The molecule has 1 atom stereocenters. The lowest BCUT2D eigenvalue weighted by Gasteiger charge is -2.28. The first-order valence-electron chi connectivity index (χ1n) is 9.79. The molecule has 0 aliphatic rings. The van der Waals surface area contributed by atoms with Crippen molar-refractivity contribution in [3.63, 3.8) is 0 Å². The van der Waals surface area contributed by atoms with Gasteiger partial charge < -0.3 is 19.5 Å². The number of methoxy groups -OCH3 is 1. The van der Waals surface area contributed by atoms with Crippen molar-refractivity contribution in [2.75, 3.05) is 38.2 Å². The number of nitrogens with zero attached hydrogens (tertiary/aromatic N) is 1. The van der Waals surface area contributed by atoms with Crippen molar-refractivity contribution in [1.29, 1.82) is 0 Å². The van der Waals surface area contributed by atoms with Crippen LogP contribution in [0.3, 0.4) is 0 Å². The summed E-state index contributed by atoms with van der Waals surface area (Å²) < 4.78 is 10.1. The molecule has 0 spiro atoms. The lowest BCUT2D eigenvalue weighted by Crippen LogP contribution is -2.38. The van der Waals surface area contributed by atoms with E-state index in [9.17, 15) is 14.4 Å². The average Bonchev–Trinajstić information content (AvgIpc) is 3.19. The molecule has 9 heteroatoms. The van der Waals surface area contributed by atoms with E-state index < -0.39 is 33.4 Å². The van der Waals surface area contributed by atoms with Crippen molar-refractivity contribution in [3.05, 3.63) is 76.3 Å². The molecule has 2 aromatic carbocycles. The van der Waals surface area contributed by atoms with E-state index in [4.69, 9.17) is 9.26 Å². The highest BCUT2D eigenvalue weighted by molar-refractivity contribution is 8.32. The van der Waals surface area contributed by atoms with Gasteiger partial charge in [0.1, 0.15) is 11.8 Å². The summed E-state index contributed by atoms with van der Waals surface area (Å²) in [5.74, 6) is -0.564. The van der Waals surface area contributed by atoms with Gasteiger partial charge in [-0.15, -0.1) is 0 Å². The van der Waals surface area contributed by atoms with Gasteiger partial charge >= 0.3 is 0 Å². The number of aromatic nitrogens is 1. The first-order chi connectivity index (χ1) is 15.1. The van der Waals surface area contributed by atoms with Crippen molar-refractivity contribution in [3.8, 4) is 5.75 Å². The normalized spacial score (nSPS) is 12.7. The van der Waals surface area contributed by atoms with Crippen LogP contribution in [0.4, 0.5) is 5.69 Å². The van der Waals surface area contributed by atoms with E-state index in [1.165, 1.54) is 16.8 Å². The van der Waals surface area contributed by atoms with Crippen LogP contribution in [0.1, 0.15) is 22.2 Å². The fourth-order valence-electron chi connectivity index (χ4n) is 3.17. The molecule has 2 N–H and O–H groups in total. The Hall–Kier alpha value is -3.46. The molecule has 0 fully saturated rings. The number of nitrogens with one attached hydrogen (secondary N) is 2. The molecule has 0 aliphatic heterocycles. The summed E-state index contributed by atoms with van der Waals surface area (Å²) in [5, 5.41) is 4.98. The number of benzene rings is 2. The van der Waals surface area contributed by atoms with Gasteiger partial charge in [0.2, 0.25) is 5.76 Å². The minimum atomic E-state index is -0.971. The van der Waals surface area contributed by atoms with E-state index in [2.05, 4.69) is 29.2 Å². The molecule has 0 saturated carbocycles. The molecule has 32 heavy (non-hydrogen) atoms. The minimum Gasteiger partial charge on any atom is -0.497 e. The summed E-state index contributed by atoms with van der Waals surface area (Å²) in [6, 6.07) is 14.6. The van der Waals surface area contributed by atoms with E-state index in [-0.39, 0.29) is 5.76 Å². The molecule has 0 bridgehead atoms. The first kappa shape index (κ1) is 23.2. The van der Waals surface area contributed by atoms with Crippen LogP contribution in [0.25, 0.3) is 0 Å². The van der Waals surface area contributed by atoms with Crippen LogP contribution in [-0.2, 0) is 4.79 Å². The molecule has 1 aromatic heterocycles. The second-order valence-electron chi connectivity index (χ2n) is 8.02. The number of anilines is 1. The van der Waals surface area contributed by atoms with Crippen molar-refractivity contribution < 1.29 is 18.8 Å². The van der Waals surface area contributed by atoms with Crippen molar-refractivity contribution in [1.82, 2.24) is 10.1 Å². The number of rotatable bonds is 7. The van der Waals surface area contributed by atoms with Gasteiger partial charge in [-0.1, -0.05) is 12.1 Å². The molecule has 3 rings (SSSR count). The van der Waals surface area contributed by atoms with Crippen molar-refractivity contribution in [2.45, 2.75) is 10.9 Å². The second-order valence-corrected chi connectivity index (χ2v) is 12.2. The topological polar surface area (TPSA) is 105 Å². The maximum atomic E-state index is 13.3. The number of H-pyrrole nitrogens is 1. The third-order valence-corrected chi connectivity index (χ3v) is 6.64. The highest BCUT2D eigenvalue weighted by Crippen LogP contribution is 2.45. The number of carbonyl (C=O) groups excluding carboxylic acids is 2. The smallest absolute Gasteiger partial charge is 0.293 e. The van der Waals surface area contributed by atoms with Gasteiger partial charge in [-0.05, 0) is 65.6 Å². The highest BCUT2D eigenvalue weighted by Gasteiger charge is 2.31. The summed E-state index contributed by atoms with van der Waals surface area (Å²) in [4.78, 5) is 40.0. The Morgan fingerprint density at radius 3 is 2.19 bits per heavy atom. The van der Waals surface area contributed by atoms with Crippen molar-refractivity contribution in [2.24, 2.45) is 0 Å². The fourth-order valence-corrected chi connectivity index (χ4v) is 4.13. The maximum absolute atomic E-state index is 13.3. The molecule has 1 heterocycles. The number of amides is 2. The van der Waals surface area contributed by atoms with Crippen LogP contribution < -0.4 is 15.6 Å². The lowest BCUT2D eigenvalue weighted by molar-refractivity contribution is -0.120. The SMILES string of the molecule is COc1ccc(C(C(=O)Nc2ccc(S(C)(C)C)cc2)N(C)C(=O)c2cc(=O)[nH]o2)cc1. The summed E-state index contributed by atoms with van der Waals surface area (Å²) in [6.45, 7) is 0. The monoisotopic (exact) mass is 457 g/mol. The third-order valence-electron chi connectivity index (χ3n) is 4.95. The van der Waals surface area contributed by atoms with E-state index in [0.29, 0.717) is 17.0 Å². The number of hydrogen-bond acceptors (Lipinski definition) is 5. The van der Waals surface area contributed by atoms with Gasteiger partial charge in [-0.25, -0.2) is 10.0 Å². The number of carbonyl (C=O) groups is 2. The van der Waals surface area contributed by atoms with Gasteiger partial charge in [-0.2, -0.15) is 5.16 Å². The predicted molar refractivity (Wildman–Crippen MR) is 126 cm³/mol. The maximum Gasteiger partial charge on any atom is 0.293 e. The van der Waals surface area contributed by atoms with E-state index in [0.717, 1.165) is 6.07 Å². The Morgan fingerprint density at radius 2 is 1.69 bits per heavy atom. The summed E-state index contributed by atoms with van der Waals surface area (Å²) in [6.07, 6.45) is 6.58. The Kier molecular flexibility index (Phi) is 6.78. The second kappa shape index (κ2) is 9.35. The summed E-state index contributed by atoms with van der Waals surface area (Å²) in [7, 11) is 2.15. The number of aromatic amines is 1. The predicted octanol–water partition coefficient (Wildman–Crippen LogP) is 3.48. The molecule has 3 aromatic rings. The highest BCUT2D eigenvalue weighted by atomic mass is 32.3. The number of ether oxygens (including phenoxy) is 1. The van der Waals surface area contributed by atoms with Gasteiger partial charge in [0.15, 0.2) is 0 Å². The van der Waals surface area contributed by atoms with Gasteiger partial charge in [0.25, 0.3) is 17.4 Å². The molecule has 0 aliphatic carbocycles. The average molecular weight is 458 g/mol. The number of hydrogen-bond donors (Lipinski definition) is 2. The zero-order chi connectivity index (χ0) is 23.5. The van der Waals surface area contributed by atoms with Crippen LogP contribution >= 0.6 is 10.0 Å². The Bertz CT molecular complexity index is 1140. The van der Waals surface area contributed by atoms with E-state index >= 15 is 0 Å². The van der Waals surface area contributed by atoms with E-state index in [1.807, 2.05) is 24.3 Å². The fraction of sp³-hybridized carbons (Fsp3) is 0.261. The Balaban J connectivity index is 1.91. The molecule has 170 valence electrons. The van der Waals surface area contributed by atoms with Gasteiger partial charge in [-0.3, -0.25) is 14.4 Å². The Morgan fingerprint density at radius 1 is 1.06 bits per heavy atom. The van der Waals surface area contributed by atoms with Crippen LogP contribution in [-0.4, -0.2) is 54.8 Å². The van der Waals surface area contributed by atoms with Gasteiger partial charge in [0, 0.05) is 12.7 Å². The van der Waals surface area contributed by atoms with Crippen LogP contribution in [0, 0.1) is 0 Å². The number of likely N-dealkylation sites (N-methyl/N-ethyl adjacent to an activating group) is 1. The minimum absolute atomic E-state index is 0.179. The third kappa shape index (κ3) is 5.23. The zero-order valence-corrected chi connectivity index (χ0v) is 19.5. The lowest BCUT2D eigenvalue weighted by atomic mass is 10.0. The molecule has 2 amide bonds. The van der Waals surface area contributed by atoms with Crippen LogP contribution in [0.2, 0.25) is 0 Å². The molecule has 8 nitrogen and oxygen atoms in total. The quantitative estimate of drug-likeness (QED) is 0.565. The van der Waals surface area contributed by atoms with E-state index in [1.54, 1.807) is 31.4 Å². The first-order valence-corrected chi connectivity index (χ1v) is 12.6. The van der Waals surface area contributed by atoms with Gasteiger partial charge in [0.05, 0.1) is 13.2 Å². The molecule has 0 radical (unpaired) electrons. The largest absolute Gasteiger partial charge is 0.497 e. The summed E-state index contributed by atoms with van der Waals surface area (Å²) in [5.41, 5.74) is 0.663. The molecular formula is C23H27N3O5S. The molecule has 0 saturated heterocycles. The van der Waals surface area contributed by atoms with Crippen LogP contribution in [0.15, 0.2) is 68.8 Å². The summed E-state index contributed by atoms with van der Waals surface area (Å²) >= 11 is 0. The molecule has 1 unspecified atom stereocenters.